The first kappa shape index (κ1) is 19.3. The number of alkyl halides is 1. The van der Waals surface area contributed by atoms with Crippen LogP contribution in [0.2, 0.25) is 0 Å². The Bertz CT molecular complexity index is 943. The summed E-state index contributed by atoms with van der Waals surface area (Å²) < 4.78 is 21.2. The molecule has 0 bridgehead atoms. The standard InChI is InChI=1S/C22H24ClFN2O2/c1-2-17(18-8-7-16(24)12-19(18)23)22(27)14-6-9-20-15(11-14)13-25-26(20)21-5-3-4-10-28-21/h6-9,11,13,17,19,21H,2-5,10,12H2,1H3. The molecule has 1 saturated heterocycles. The molecule has 148 valence electrons. The lowest BCUT2D eigenvalue weighted by Gasteiger charge is -2.24. The number of allylic oxidation sites excluding steroid dienone is 4. The number of ketones is 1. The third kappa shape index (κ3) is 3.65. The van der Waals surface area contributed by atoms with Gasteiger partial charge in [0, 0.05) is 29.9 Å². The van der Waals surface area contributed by atoms with Crippen LogP contribution in [-0.2, 0) is 4.74 Å². The maximum atomic E-state index is 13.5. The molecule has 0 N–H and O–H groups in total. The number of rotatable bonds is 5. The Kier molecular flexibility index (Phi) is 5.65. The zero-order valence-corrected chi connectivity index (χ0v) is 16.7. The van der Waals surface area contributed by atoms with Gasteiger partial charge >= 0.3 is 0 Å². The normalized spacial score (nSPS) is 24.0. The third-order valence-electron chi connectivity index (χ3n) is 5.63. The molecule has 2 aromatic rings. The van der Waals surface area contributed by atoms with Gasteiger partial charge in [-0.2, -0.15) is 5.10 Å². The van der Waals surface area contributed by atoms with Gasteiger partial charge in [0.05, 0.1) is 17.1 Å². The van der Waals surface area contributed by atoms with Crippen molar-refractivity contribution in [3.63, 3.8) is 0 Å². The van der Waals surface area contributed by atoms with Crippen LogP contribution in [0.3, 0.4) is 0 Å². The van der Waals surface area contributed by atoms with Crippen LogP contribution < -0.4 is 0 Å². The summed E-state index contributed by atoms with van der Waals surface area (Å²) >= 11 is 6.34. The number of benzene rings is 1. The summed E-state index contributed by atoms with van der Waals surface area (Å²) in [4.78, 5) is 13.2. The number of nitrogens with zero attached hydrogens (tertiary/aromatic N) is 2. The SMILES string of the molecule is CCC(C(=O)c1ccc2c(cnn2C2CCCCO2)c1)C1=CC=C(F)CC1Cl. The van der Waals surface area contributed by atoms with E-state index in [2.05, 4.69) is 5.10 Å². The first-order valence-electron chi connectivity index (χ1n) is 9.91. The molecular weight excluding hydrogens is 379 g/mol. The second-order valence-electron chi connectivity index (χ2n) is 7.46. The van der Waals surface area contributed by atoms with Crippen LogP contribution in [0.4, 0.5) is 4.39 Å². The van der Waals surface area contributed by atoms with Gasteiger partial charge in [-0.05, 0) is 55.5 Å². The number of carbonyl (C=O) groups is 1. The average Bonchev–Trinajstić information content (AvgIpc) is 3.14. The molecule has 2 aliphatic rings. The highest BCUT2D eigenvalue weighted by atomic mass is 35.5. The molecule has 4 rings (SSSR count). The Morgan fingerprint density at radius 3 is 2.96 bits per heavy atom. The fourth-order valence-corrected chi connectivity index (χ4v) is 4.48. The minimum Gasteiger partial charge on any atom is -0.356 e. The van der Waals surface area contributed by atoms with E-state index < -0.39 is 5.38 Å². The van der Waals surface area contributed by atoms with Gasteiger partial charge in [-0.1, -0.05) is 13.0 Å². The number of Topliss-reactive ketones (excluding diaryl/α,β-unsaturated/α-hetero) is 1. The van der Waals surface area contributed by atoms with E-state index in [1.807, 2.05) is 29.8 Å². The Morgan fingerprint density at radius 2 is 2.25 bits per heavy atom. The van der Waals surface area contributed by atoms with E-state index in [9.17, 15) is 9.18 Å². The Labute approximate surface area is 169 Å². The zero-order valence-electron chi connectivity index (χ0n) is 15.9. The van der Waals surface area contributed by atoms with Crippen LogP contribution in [0.5, 0.6) is 0 Å². The van der Waals surface area contributed by atoms with Crippen molar-refractivity contribution in [3.8, 4) is 0 Å². The van der Waals surface area contributed by atoms with E-state index in [0.29, 0.717) is 12.0 Å². The molecule has 0 spiro atoms. The molecule has 1 aliphatic carbocycles. The van der Waals surface area contributed by atoms with Crippen molar-refractivity contribution in [2.45, 2.75) is 50.6 Å². The molecule has 0 saturated carbocycles. The molecule has 4 nitrogen and oxygen atoms in total. The molecule has 1 aliphatic heterocycles. The molecule has 0 amide bonds. The van der Waals surface area contributed by atoms with Gasteiger partial charge in [0.25, 0.3) is 0 Å². The molecular formula is C22H24ClFN2O2. The lowest BCUT2D eigenvalue weighted by Crippen LogP contribution is -2.23. The number of aromatic nitrogens is 2. The van der Waals surface area contributed by atoms with Crippen molar-refractivity contribution >= 4 is 28.3 Å². The number of carbonyl (C=O) groups excluding carboxylic acids is 1. The van der Waals surface area contributed by atoms with Crippen molar-refractivity contribution in [1.82, 2.24) is 9.78 Å². The molecule has 3 atom stereocenters. The van der Waals surface area contributed by atoms with E-state index in [0.717, 1.165) is 42.3 Å². The third-order valence-corrected chi connectivity index (χ3v) is 6.03. The largest absolute Gasteiger partial charge is 0.356 e. The maximum absolute atomic E-state index is 13.5. The van der Waals surface area contributed by atoms with Gasteiger partial charge in [0.15, 0.2) is 12.0 Å². The topological polar surface area (TPSA) is 44.1 Å². The Balaban J connectivity index is 1.62. The number of hydrogen-bond donors (Lipinski definition) is 0. The van der Waals surface area contributed by atoms with Crippen molar-refractivity contribution in [2.24, 2.45) is 5.92 Å². The van der Waals surface area contributed by atoms with Crippen LogP contribution in [0, 0.1) is 5.92 Å². The Morgan fingerprint density at radius 1 is 1.39 bits per heavy atom. The minimum atomic E-state index is -0.478. The summed E-state index contributed by atoms with van der Waals surface area (Å²) in [6, 6.07) is 5.67. The van der Waals surface area contributed by atoms with Gasteiger partial charge in [-0.25, -0.2) is 9.07 Å². The van der Waals surface area contributed by atoms with Crippen LogP contribution >= 0.6 is 11.6 Å². The lowest BCUT2D eigenvalue weighted by atomic mass is 9.83. The predicted octanol–water partition coefficient (Wildman–Crippen LogP) is 5.74. The molecule has 6 heteroatoms. The highest BCUT2D eigenvalue weighted by molar-refractivity contribution is 6.23. The monoisotopic (exact) mass is 402 g/mol. The molecule has 1 aromatic carbocycles. The average molecular weight is 403 g/mol. The van der Waals surface area contributed by atoms with Crippen LogP contribution in [0.15, 0.2) is 47.9 Å². The van der Waals surface area contributed by atoms with Gasteiger partial charge in [0.1, 0.15) is 5.83 Å². The predicted molar refractivity (Wildman–Crippen MR) is 108 cm³/mol. The lowest BCUT2D eigenvalue weighted by molar-refractivity contribution is -0.0366. The van der Waals surface area contributed by atoms with Crippen molar-refractivity contribution < 1.29 is 13.9 Å². The summed E-state index contributed by atoms with van der Waals surface area (Å²) in [5.74, 6) is -0.579. The summed E-state index contributed by atoms with van der Waals surface area (Å²) in [5.41, 5.74) is 2.39. The first-order chi connectivity index (χ1) is 13.6. The zero-order chi connectivity index (χ0) is 19.7. The van der Waals surface area contributed by atoms with Gasteiger partial charge < -0.3 is 4.74 Å². The molecule has 3 unspecified atom stereocenters. The maximum Gasteiger partial charge on any atom is 0.170 e. The van der Waals surface area contributed by atoms with Crippen molar-refractivity contribution in [1.29, 1.82) is 0 Å². The quantitative estimate of drug-likeness (QED) is 0.473. The highest BCUT2D eigenvalue weighted by Crippen LogP contribution is 2.34. The minimum absolute atomic E-state index is 0.0127. The second kappa shape index (κ2) is 8.18. The molecule has 1 fully saturated rings. The first-order valence-corrected chi connectivity index (χ1v) is 10.4. The van der Waals surface area contributed by atoms with Crippen LogP contribution in [0.1, 0.15) is 55.6 Å². The fourth-order valence-electron chi connectivity index (χ4n) is 4.11. The van der Waals surface area contributed by atoms with Crippen LogP contribution in [-0.4, -0.2) is 27.5 Å². The molecule has 28 heavy (non-hydrogen) atoms. The van der Waals surface area contributed by atoms with Crippen molar-refractivity contribution in [2.75, 3.05) is 6.61 Å². The number of halogens is 2. The second-order valence-corrected chi connectivity index (χ2v) is 7.99. The van der Waals surface area contributed by atoms with Gasteiger partial charge in [0.2, 0.25) is 0 Å². The summed E-state index contributed by atoms with van der Waals surface area (Å²) in [5, 5.41) is 4.93. The van der Waals surface area contributed by atoms with E-state index in [-0.39, 0.29) is 30.2 Å². The fraction of sp³-hybridized carbons (Fsp3) is 0.455. The smallest absolute Gasteiger partial charge is 0.170 e. The number of fused-ring (bicyclic) bond motifs is 1. The number of ether oxygens (including phenoxy) is 1. The van der Waals surface area contributed by atoms with Crippen LogP contribution in [0.25, 0.3) is 10.9 Å². The van der Waals surface area contributed by atoms with E-state index >= 15 is 0 Å². The van der Waals surface area contributed by atoms with E-state index in [4.69, 9.17) is 16.3 Å². The summed E-state index contributed by atoms with van der Waals surface area (Å²) in [6.07, 6.45) is 8.76. The van der Waals surface area contributed by atoms with Crippen molar-refractivity contribution in [3.05, 3.63) is 53.5 Å². The summed E-state index contributed by atoms with van der Waals surface area (Å²) in [6.45, 7) is 2.71. The highest BCUT2D eigenvalue weighted by Gasteiger charge is 2.29. The molecule has 1 aromatic heterocycles. The van der Waals surface area contributed by atoms with Gasteiger partial charge in [-0.3, -0.25) is 4.79 Å². The van der Waals surface area contributed by atoms with Gasteiger partial charge in [-0.15, -0.1) is 11.6 Å². The summed E-state index contributed by atoms with van der Waals surface area (Å²) in [7, 11) is 0. The Hall–Kier alpha value is -1.98. The number of hydrogen-bond acceptors (Lipinski definition) is 3. The van der Waals surface area contributed by atoms with E-state index in [1.165, 1.54) is 6.08 Å². The van der Waals surface area contributed by atoms with E-state index in [1.54, 1.807) is 12.3 Å². The molecule has 0 radical (unpaired) electrons. The molecule has 2 heterocycles.